The maximum absolute atomic E-state index is 11.4. The van der Waals surface area contributed by atoms with Crippen molar-refractivity contribution in [3.8, 4) is 0 Å². The Hall–Kier alpha value is -1.18. The van der Waals surface area contributed by atoms with E-state index in [0.29, 0.717) is 6.42 Å². The van der Waals surface area contributed by atoms with Crippen LogP contribution < -0.4 is 4.57 Å². The number of hydrogen-bond acceptors (Lipinski definition) is 1. The lowest BCUT2D eigenvalue weighted by molar-refractivity contribution is -0.690. The first kappa shape index (κ1) is 9.38. The molecule has 0 amide bonds. The third kappa shape index (κ3) is 1.45. The molecule has 0 saturated heterocycles. The van der Waals surface area contributed by atoms with Gasteiger partial charge in [0, 0.05) is 11.6 Å². The fourth-order valence-electron chi connectivity index (χ4n) is 1.78. The molecule has 2 heterocycles. The fraction of sp³-hybridized carbons (Fsp3) is 0.500. The Morgan fingerprint density at radius 2 is 2.00 bits per heavy atom. The maximum Gasteiger partial charge on any atom is 0.248 e. The zero-order valence-electron chi connectivity index (χ0n) is 9.00. The zero-order valence-corrected chi connectivity index (χ0v) is 9.00. The molecule has 14 heavy (non-hydrogen) atoms. The van der Waals surface area contributed by atoms with Crippen molar-refractivity contribution in [1.82, 2.24) is 0 Å². The first-order valence-electron chi connectivity index (χ1n) is 5.06. The molecular formula is C12H16NO+. The Morgan fingerprint density at radius 3 is 2.64 bits per heavy atom. The third-order valence-corrected chi connectivity index (χ3v) is 2.76. The minimum atomic E-state index is 0.160. The van der Waals surface area contributed by atoms with Crippen LogP contribution in [0.1, 0.15) is 43.2 Å². The van der Waals surface area contributed by atoms with Gasteiger partial charge in [-0.25, -0.2) is 0 Å². The number of nitrogens with zero attached hydrogens (tertiary/aromatic N) is 1. The molecule has 0 radical (unpaired) electrons. The molecule has 1 aliphatic heterocycles. The van der Waals surface area contributed by atoms with Gasteiger partial charge in [0.05, 0.1) is 6.42 Å². The number of rotatable bonds is 0. The van der Waals surface area contributed by atoms with Crippen LogP contribution in [0.25, 0.3) is 0 Å². The second-order valence-corrected chi connectivity index (χ2v) is 4.92. The highest BCUT2D eigenvalue weighted by Crippen LogP contribution is 2.21. The van der Waals surface area contributed by atoms with Crippen molar-refractivity contribution in [2.24, 2.45) is 0 Å². The van der Waals surface area contributed by atoms with Gasteiger partial charge in [0.2, 0.25) is 11.5 Å². The summed E-state index contributed by atoms with van der Waals surface area (Å²) in [6, 6.07) is 4.02. The van der Waals surface area contributed by atoms with Crippen molar-refractivity contribution in [2.45, 2.75) is 39.2 Å². The second-order valence-electron chi connectivity index (χ2n) is 4.92. The van der Waals surface area contributed by atoms with E-state index in [1.807, 2.05) is 6.07 Å². The highest BCUT2D eigenvalue weighted by Gasteiger charge is 2.29. The molecule has 74 valence electrons. The summed E-state index contributed by atoms with van der Waals surface area (Å²) < 4.78 is 2.07. The van der Waals surface area contributed by atoms with E-state index in [4.69, 9.17) is 0 Å². The van der Waals surface area contributed by atoms with Crippen LogP contribution in [-0.4, -0.2) is 5.78 Å². The van der Waals surface area contributed by atoms with Gasteiger partial charge < -0.3 is 0 Å². The van der Waals surface area contributed by atoms with E-state index in [-0.39, 0.29) is 11.2 Å². The summed E-state index contributed by atoms with van der Waals surface area (Å²) in [6.07, 6.45) is 2.77. The Morgan fingerprint density at radius 1 is 1.29 bits per heavy atom. The van der Waals surface area contributed by atoms with E-state index < -0.39 is 0 Å². The number of fused-ring (bicyclic) bond motifs is 1. The first-order chi connectivity index (χ1) is 6.48. The summed E-state index contributed by atoms with van der Waals surface area (Å²) in [7, 11) is 0. The average molecular weight is 190 g/mol. The Bertz CT molecular complexity index is 388. The lowest BCUT2D eigenvalue weighted by Crippen LogP contribution is -2.35. The maximum atomic E-state index is 11.4. The molecular weight excluding hydrogens is 174 g/mol. The van der Waals surface area contributed by atoms with E-state index in [2.05, 4.69) is 37.6 Å². The van der Waals surface area contributed by atoms with Crippen LogP contribution in [0.2, 0.25) is 0 Å². The van der Waals surface area contributed by atoms with Gasteiger partial charge in [0.15, 0.2) is 12.7 Å². The molecule has 2 nitrogen and oxygen atoms in total. The van der Waals surface area contributed by atoms with Gasteiger partial charge in [0.1, 0.15) is 0 Å². The Labute approximate surface area is 84.6 Å². The van der Waals surface area contributed by atoms with Crippen molar-refractivity contribution in [2.75, 3.05) is 0 Å². The van der Waals surface area contributed by atoms with Crippen LogP contribution >= 0.6 is 0 Å². The quantitative estimate of drug-likeness (QED) is 0.572. The van der Waals surface area contributed by atoms with Crippen molar-refractivity contribution < 1.29 is 9.36 Å². The number of ketones is 1. The summed E-state index contributed by atoms with van der Waals surface area (Å²) in [4.78, 5) is 11.4. The minimum absolute atomic E-state index is 0.160. The number of carbonyl (C=O) groups is 1. The number of Topliss-reactive ketones (excluding diaryl/α,β-unsaturated/α-hetero) is 1. The summed E-state index contributed by atoms with van der Waals surface area (Å²) in [6.45, 7) is 7.41. The van der Waals surface area contributed by atoms with Crippen LogP contribution in [0, 0.1) is 0 Å². The predicted octanol–water partition coefficient (Wildman–Crippen LogP) is 1.86. The molecule has 2 heteroatoms. The van der Waals surface area contributed by atoms with Crippen LogP contribution in [0.15, 0.2) is 18.3 Å². The summed E-state index contributed by atoms with van der Waals surface area (Å²) in [5, 5.41) is 0. The van der Waals surface area contributed by atoms with Crippen LogP contribution in [0.5, 0.6) is 0 Å². The lowest BCUT2D eigenvalue weighted by atomic mass is 9.88. The SMILES string of the molecule is CC(C)(C)c1ccc2[n+](c1)CCC2=O. The van der Waals surface area contributed by atoms with Crippen LogP contribution in [0.4, 0.5) is 0 Å². The molecule has 0 spiro atoms. The zero-order chi connectivity index (χ0) is 10.3. The number of pyridine rings is 1. The highest BCUT2D eigenvalue weighted by molar-refractivity contribution is 5.93. The van der Waals surface area contributed by atoms with Gasteiger partial charge in [-0.15, -0.1) is 0 Å². The molecule has 0 saturated carbocycles. The smallest absolute Gasteiger partial charge is 0.248 e. The van der Waals surface area contributed by atoms with Gasteiger partial charge in [-0.3, -0.25) is 4.79 Å². The van der Waals surface area contributed by atoms with Crippen molar-refractivity contribution >= 4 is 5.78 Å². The van der Waals surface area contributed by atoms with E-state index in [9.17, 15) is 4.79 Å². The fourth-order valence-corrected chi connectivity index (χ4v) is 1.78. The highest BCUT2D eigenvalue weighted by atomic mass is 16.1. The Kier molecular flexibility index (Phi) is 1.95. The molecule has 1 aliphatic rings. The van der Waals surface area contributed by atoms with Crippen LogP contribution in [0.3, 0.4) is 0 Å². The van der Waals surface area contributed by atoms with Crippen molar-refractivity contribution in [1.29, 1.82) is 0 Å². The van der Waals surface area contributed by atoms with E-state index in [0.717, 1.165) is 12.2 Å². The largest absolute Gasteiger partial charge is 0.287 e. The topological polar surface area (TPSA) is 20.9 Å². The second kappa shape index (κ2) is 2.91. The minimum Gasteiger partial charge on any atom is -0.287 e. The third-order valence-electron chi connectivity index (χ3n) is 2.76. The molecule has 1 aromatic rings. The molecule has 0 aliphatic carbocycles. The molecule has 1 aromatic heterocycles. The molecule has 0 aromatic carbocycles. The summed E-state index contributed by atoms with van der Waals surface area (Å²) in [5.41, 5.74) is 2.31. The van der Waals surface area contributed by atoms with Gasteiger partial charge >= 0.3 is 0 Å². The molecule has 0 atom stereocenters. The first-order valence-corrected chi connectivity index (χ1v) is 5.06. The molecule has 0 bridgehead atoms. The standard InChI is InChI=1S/C12H16NO/c1-12(2,3)9-4-5-10-11(14)6-7-13(10)8-9/h4-5,8H,6-7H2,1-3H3/q+1. The molecule has 0 unspecified atom stereocenters. The molecule has 0 N–H and O–H groups in total. The van der Waals surface area contributed by atoms with E-state index in [1.54, 1.807) is 0 Å². The van der Waals surface area contributed by atoms with Gasteiger partial charge in [0.25, 0.3) is 0 Å². The number of aryl methyl sites for hydroxylation is 1. The summed E-state index contributed by atoms with van der Waals surface area (Å²) >= 11 is 0. The average Bonchev–Trinajstić information content (AvgIpc) is 2.46. The van der Waals surface area contributed by atoms with E-state index >= 15 is 0 Å². The lowest BCUT2D eigenvalue weighted by Gasteiger charge is -2.16. The number of hydrogen-bond donors (Lipinski definition) is 0. The Balaban J connectivity index is 2.47. The molecule has 0 fully saturated rings. The van der Waals surface area contributed by atoms with E-state index in [1.165, 1.54) is 5.56 Å². The predicted molar refractivity (Wildman–Crippen MR) is 54.3 cm³/mol. The van der Waals surface area contributed by atoms with Crippen molar-refractivity contribution in [3.63, 3.8) is 0 Å². The van der Waals surface area contributed by atoms with Crippen LogP contribution in [-0.2, 0) is 12.0 Å². The van der Waals surface area contributed by atoms with Gasteiger partial charge in [-0.2, -0.15) is 4.57 Å². The van der Waals surface area contributed by atoms with Gasteiger partial charge in [-0.1, -0.05) is 20.8 Å². The molecule has 2 rings (SSSR count). The monoisotopic (exact) mass is 190 g/mol. The number of carbonyl (C=O) groups excluding carboxylic acids is 1. The van der Waals surface area contributed by atoms with Crippen molar-refractivity contribution in [3.05, 3.63) is 29.6 Å². The normalized spacial score (nSPS) is 15.8. The van der Waals surface area contributed by atoms with Gasteiger partial charge in [-0.05, 0) is 11.5 Å². The summed E-state index contributed by atoms with van der Waals surface area (Å²) in [5.74, 6) is 0.269. The number of aromatic nitrogens is 1.